The summed E-state index contributed by atoms with van der Waals surface area (Å²) in [7, 11) is 5.96. The fourth-order valence-electron chi connectivity index (χ4n) is 6.36. The van der Waals surface area contributed by atoms with Crippen LogP contribution in [0.1, 0.15) is 100 Å². The van der Waals surface area contributed by atoms with E-state index in [1.54, 1.807) is 12.1 Å². The van der Waals surface area contributed by atoms with Crippen molar-refractivity contribution in [1.82, 2.24) is 5.06 Å². The third-order valence-electron chi connectivity index (χ3n) is 9.24. The second kappa shape index (κ2) is 20.1. The van der Waals surface area contributed by atoms with E-state index >= 15 is 0 Å². The molecule has 292 valence electrons. The van der Waals surface area contributed by atoms with Crippen molar-refractivity contribution in [3.63, 3.8) is 0 Å². The molecular formula is C39H50F4N2O8. The number of benzene rings is 3. The molecule has 2 amide bonds. The van der Waals surface area contributed by atoms with Gasteiger partial charge in [-0.2, -0.15) is 0 Å². The highest BCUT2D eigenvalue weighted by atomic mass is 19.2. The summed E-state index contributed by atoms with van der Waals surface area (Å²) < 4.78 is 90.2. The molecule has 0 bridgehead atoms. The number of anilines is 1. The first kappa shape index (κ1) is 41.3. The van der Waals surface area contributed by atoms with Crippen LogP contribution < -0.4 is 29.0 Å². The molecule has 10 nitrogen and oxygen atoms in total. The summed E-state index contributed by atoms with van der Waals surface area (Å²) in [5, 5.41) is 13.9. The minimum Gasteiger partial charge on any atom is -0.493 e. The minimum atomic E-state index is -1.92. The highest BCUT2D eigenvalue weighted by molar-refractivity contribution is 5.91. The minimum absolute atomic E-state index is 0.0210. The monoisotopic (exact) mass is 750 g/mol. The fourth-order valence-corrected chi connectivity index (χ4v) is 6.36. The quantitative estimate of drug-likeness (QED) is 0.0294. The molecule has 4 rings (SSSR count). The number of nitrogens with one attached hydrogen (secondary N) is 1. The summed E-state index contributed by atoms with van der Waals surface area (Å²) in [5.74, 6) is -5.29. The van der Waals surface area contributed by atoms with Gasteiger partial charge in [-0.05, 0) is 66.3 Å². The number of halogens is 4. The van der Waals surface area contributed by atoms with Gasteiger partial charge >= 0.3 is 6.03 Å². The summed E-state index contributed by atoms with van der Waals surface area (Å²) in [5.41, 5.74) is 1.10. The number of urea groups is 1. The van der Waals surface area contributed by atoms with Crippen LogP contribution in [0.4, 0.5) is 28.0 Å². The predicted molar refractivity (Wildman–Crippen MR) is 190 cm³/mol. The first-order valence-corrected chi connectivity index (χ1v) is 18.0. The van der Waals surface area contributed by atoms with Crippen LogP contribution in [0.3, 0.4) is 0 Å². The van der Waals surface area contributed by atoms with E-state index in [4.69, 9.17) is 28.4 Å². The van der Waals surface area contributed by atoms with Gasteiger partial charge in [0.1, 0.15) is 0 Å². The van der Waals surface area contributed by atoms with Crippen molar-refractivity contribution in [3.8, 4) is 28.7 Å². The van der Waals surface area contributed by atoms with Crippen LogP contribution in [0.15, 0.2) is 30.3 Å². The Kier molecular flexibility index (Phi) is 15.7. The number of unbranched alkanes of at least 4 members (excludes halogenated alkanes) is 7. The van der Waals surface area contributed by atoms with Crippen molar-refractivity contribution in [2.75, 3.05) is 46.9 Å². The topological polar surface area (TPSA) is 108 Å². The summed E-state index contributed by atoms with van der Waals surface area (Å²) in [6.07, 6.45) is 8.34. The zero-order chi connectivity index (χ0) is 38.5. The number of hydrogen-bond donors (Lipinski definition) is 2. The van der Waals surface area contributed by atoms with Gasteiger partial charge in [-0.15, -0.1) is 0 Å². The van der Waals surface area contributed by atoms with E-state index in [1.807, 2.05) is 12.1 Å². The molecular weight excluding hydrogens is 700 g/mol. The molecule has 2 unspecified atom stereocenters. The van der Waals surface area contributed by atoms with Crippen molar-refractivity contribution in [1.29, 1.82) is 0 Å². The van der Waals surface area contributed by atoms with E-state index < -0.39 is 41.0 Å². The number of carbonyl (C=O) groups excluding carboxylic acids is 1. The number of hydrogen-bond acceptors (Lipinski definition) is 8. The zero-order valence-electron chi connectivity index (χ0n) is 31.0. The first-order chi connectivity index (χ1) is 25.6. The fraction of sp³-hybridized carbons (Fsp3) is 0.513. The lowest BCUT2D eigenvalue weighted by Gasteiger charge is -2.22. The molecule has 1 aliphatic rings. The molecule has 1 aliphatic heterocycles. The average Bonchev–Trinajstić information content (AvgIpc) is 3.67. The van der Waals surface area contributed by atoms with E-state index in [0.29, 0.717) is 53.2 Å². The van der Waals surface area contributed by atoms with Gasteiger partial charge < -0.3 is 33.7 Å². The molecule has 2 atom stereocenters. The van der Waals surface area contributed by atoms with Crippen molar-refractivity contribution in [3.05, 3.63) is 70.3 Å². The third kappa shape index (κ3) is 10.6. The molecule has 0 aromatic heterocycles. The maximum Gasteiger partial charge on any atom is 0.345 e. The smallest absolute Gasteiger partial charge is 0.345 e. The van der Waals surface area contributed by atoms with Crippen LogP contribution in [0.2, 0.25) is 0 Å². The lowest BCUT2D eigenvalue weighted by Crippen LogP contribution is -2.33. The van der Waals surface area contributed by atoms with Crippen molar-refractivity contribution in [2.45, 2.75) is 89.8 Å². The lowest BCUT2D eigenvalue weighted by molar-refractivity contribution is -0.0382. The van der Waals surface area contributed by atoms with E-state index in [0.717, 1.165) is 31.2 Å². The largest absolute Gasteiger partial charge is 0.493 e. The summed E-state index contributed by atoms with van der Waals surface area (Å²) in [6.45, 7) is 1.93. The van der Waals surface area contributed by atoms with Crippen LogP contribution in [0.25, 0.3) is 0 Å². The third-order valence-corrected chi connectivity index (χ3v) is 9.24. The second-order valence-electron chi connectivity index (χ2n) is 12.8. The van der Waals surface area contributed by atoms with Crippen LogP contribution >= 0.6 is 0 Å². The molecule has 2 N–H and O–H groups in total. The van der Waals surface area contributed by atoms with Crippen molar-refractivity contribution in [2.24, 2.45) is 0 Å². The van der Waals surface area contributed by atoms with E-state index in [2.05, 4.69) is 12.2 Å². The van der Waals surface area contributed by atoms with Crippen molar-refractivity contribution < 1.29 is 56.0 Å². The van der Waals surface area contributed by atoms with Crippen LogP contribution in [-0.2, 0) is 11.2 Å². The maximum atomic E-state index is 14.4. The Balaban J connectivity index is 1.55. The molecule has 3 aromatic carbocycles. The Morgan fingerprint density at radius 1 is 0.755 bits per heavy atom. The number of carbonyl (C=O) groups is 1. The Labute approximate surface area is 308 Å². The molecule has 1 fully saturated rings. The number of methoxy groups -OCH3 is 4. The Hall–Kier alpha value is -4.43. The van der Waals surface area contributed by atoms with Gasteiger partial charge in [0, 0.05) is 6.42 Å². The molecule has 0 aliphatic carbocycles. The summed E-state index contributed by atoms with van der Waals surface area (Å²) >= 11 is 0. The van der Waals surface area contributed by atoms with Gasteiger partial charge in [0.25, 0.3) is 0 Å². The summed E-state index contributed by atoms with van der Waals surface area (Å²) in [4.78, 5) is 13.2. The predicted octanol–water partition coefficient (Wildman–Crippen LogP) is 9.86. The number of ether oxygens (including phenoxy) is 6. The number of amides is 2. The molecule has 0 radical (unpaired) electrons. The highest BCUT2D eigenvalue weighted by Gasteiger charge is 2.31. The van der Waals surface area contributed by atoms with Gasteiger partial charge in [0.2, 0.25) is 5.75 Å². The molecule has 3 aromatic rings. The first-order valence-electron chi connectivity index (χ1n) is 18.0. The van der Waals surface area contributed by atoms with Gasteiger partial charge in [0.05, 0.1) is 59.5 Å². The van der Waals surface area contributed by atoms with Crippen molar-refractivity contribution >= 4 is 11.7 Å². The van der Waals surface area contributed by atoms with Gasteiger partial charge in [-0.1, -0.05) is 51.9 Å². The average molecular weight is 751 g/mol. The highest BCUT2D eigenvalue weighted by Crippen LogP contribution is 2.48. The molecule has 53 heavy (non-hydrogen) atoms. The molecule has 0 saturated carbocycles. The summed E-state index contributed by atoms with van der Waals surface area (Å²) in [6, 6.07) is 6.68. The lowest BCUT2D eigenvalue weighted by atomic mass is 10.0. The van der Waals surface area contributed by atoms with Crippen LogP contribution in [-0.4, -0.2) is 57.9 Å². The Bertz CT molecular complexity index is 1650. The zero-order valence-corrected chi connectivity index (χ0v) is 31.0. The van der Waals surface area contributed by atoms with Gasteiger partial charge in [-0.3, -0.25) is 5.21 Å². The number of hydroxylamine groups is 2. The molecule has 1 heterocycles. The van der Waals surface area contributed by atoms with E-state index in [9.17, 15) is 27.6 Å². The standard InChI is InChI=1S/C39H50F4N2O8/c1-6-7-8-9-10-11-12-13-17-45(47)39(46)44-28-20-25(29-14-15-30(53-29)26-22-32(49-3)38(51-5)33(23-26)50-4)21-31(48-2)37(28)52-18-16-24-19-27(40)35(42)36(43)34(24)41/h19-23,29-30,47H,6-18H2,1-5H3,(H,44,46). The van der Waals surface area contributed by atoms with Crippen LogP contribution in [0, 0.1) is 23.3 Å². The van der Waals surface area contributed by atoms with E-state index in [-0.39, 0.29) is 42.9 Å². The SMILES string of the molecule is CCCCCCCCCCN(O)C(=O)Nc1cc(C2CCC(c3cc(OC)c(OC)c(OC)c3)O2)cc(OC)c1OCCc1cc(F)c(F)c(F)c1F. The Morgan fingerprint density at radius 3 is 1.87 bits per heavy atom. The number of rotatable bonds is 20. The van der Waals surface area contributed by atoms with Crippen LogP contribution in [0.5, 0.6) is 28.7 Å². The van der Waals surface area contributed by atoms with E-state index in [1.165, 1.54) is 47.7 Å². The number of nitrogens with zero attached hydrogens (tertiary/aromatic N) is 1. The second-order valence-corrected chi connectivity index (χ2v) is 12.8. The Morgan fingerprint density at radius 2 is 1.30 bits per heavy atom. The maximum absolute atomic E-state index is 14.4. The normalized spacial score (nSPS) is 15.3. The molecule has 0 spiro atoms. The van der Waals surface area contributed by atoms with Gasteiger partial charge in [-0.25, -0.2) is 27.4 Å². The molecule has 14 heteroatoms. The molecule has 1 saturated heterocycles. The van der Waals surface area contributed by atoms with Gasteiger partial charge in [0.15, 0.2) is 46.3 Å².